The van der Waals surface area contributed by atoms with Gasteiger partial charge in [0.1, 0.15) is 0 Å². The molecule has 2 N–H and O–H groups in total. The molecule has 4 rings (SSSR count). The van der Waals surface area contributed by atoms with Crippen molar-refractivity contribution in [1.29, 1.82) is 0 Å². The Labute approximate surface area is 185 Å². The predicted molar refractivity (Wildman–Crippen MR) is 123 cm³/mol. The minimum absolute atomic E-state index is 0.189. The molecule has 0 aliphatic rings. The Bertz CT molecular complexity index is 1180. The highest BCUT2D eigenvalue weighted by molar-refractivity contribution is 6.33. The van der Waals surface area contributed by atoms with Crippen LogP contribution in [0.15, 0.2) is 85.1 Å². The van der Waals surface area contributed by atoms with E-state index in [1.54, 1.807) is 23.0 Å². The van der Waals surface area contributed by atoms with Crippen molar-refractivity contribution in [2.75, 3.05) is 17.7 Å². The van der Waals surface area contributed by atoms with E-state index in [0.29, 0.717) is 23.0 Å². The summed E-state index contributed by atoms with van der Waals surface area (Å²) in [5.74, 6) is 0.00110. The summed E-state index contributed by atoms with van der Waals surface area (Å²) in [5.41, 5.74) is 3.52. The second-order valence-electron chi connectivity index (χ2n) is 6.81. The minimum atomic E-state index is -0.382. The van der Waals surface area contributed by atoms with Crippen molar-refractivity contribution in [3.8, 4) is 11.4 Å². The molecule has 0 aliphatic carbocycles. The van der Waals surface area contributed by atoms with Gasteiger partial charge in [-0.25, -0.2) is 4.68 Å². The van der Waals surface area contributed by atoms with Gasteiger partial charge >= 0.3 is 0 Å². The molecule has 1 aromatic heterocycles. The molecule has 31 heavy (non-hydrogen) atoms. The van der Waals surface area contributed by atoms with Gasteiger partial charge < -0.3 is 15.4 Å². The third kappa shape index (κ3) is 4.87. The SMILES string of the molecule is COc1cn(-c2ccccc2)nc1C(=O)Nc1ccc(NCc2ccccc2)c(Cl)c1. The summed E-state index contributed by atoms with van der Waals surface area (Å²) in [4.78, 5) is 12.8. The van der Waals surface area contributed by atoms with Crippen LogP contribution in [-0.2, 0) is 6.54 Å². The molecule has 6 nitrogen and oxygen atoms in total. The maximum atomic E-state index is 12.8. The van der Waals surface area contributed by atoms with Crippen LogP contribution in [0.5, 0.6) is 5.75 Å². The number of amides is 1. The number of carbonyl (C=O) groups is 1. The Hall–Kier alpha value is -3.77. The molecule has 0 fully saturated rings. The lowest BCUT2D eigenvalue weighted by molar-refractivity contribution is 0.101. The number of nitrogens with one attached hydrogen (secondary N) is 2. The molecular weight excluding hydrogens is 412 g/mol. The number of carbonyl (C=O) groups excluding carboxylic acids is 1. The number of hydrogen-bond donors (Lipinski definition) is 2. The van der Waals surface area contributed by atoms with Crippen molar-refractivity contribution < 1.29 is 9.53 Å². The molecule has 0 atom stereocenters. The zero-order chi connectivity index (χ0) is 21.6. The maximum absolute atomic E-state index is 12.8. The van der Waals surface area contributed by atoms with Crippen molar-refractivity contribution in [3.63, 3.8) is 0 Å². The Morgan fingerprint density at radius 1 is 1.03 bits per heavy atom. The van der Waals surface area contributed by atoms with Crippen molar-refractivity contribution in [2.24, 2.45) is 0 Å². The lowest BCUT2D eigenvalue weighted by atomic mass is 10.2. The van der Waals surface area contributed by atoms with E-state index in [-0.39, 0.29) is 11.6 Å². The highest BCUT2D eigenvalue weighted by atomic mass is 35.5. The lowest BCUT2D eigenvalue weighted by Gasteiger charge is -2.11. The molecule has 7 heteroatoms. The van der Waals surface area contributed by atoms with E-state index >= 15 is 0 Å². The smallest absolute Gasteiger partial charge is 0.280 e. The molecule has 3 aromatic carbocycles. The fourth-order valence-electron chi connectivity index (χ4n) is 3.10. The molecular formula is C24H21ClN4O2. The van der Waals surface area contributed by atoms with Crippen LogP contribution in [0.1, 0.15) is 16.1 Å². The van der Waals surface area contributed by atoms with E-state index in [2.05, 4.69) is 15.7 Å². The van der Waals surface area contributed by atoms with Gasteiger partial charge in [-0.15, -0.1) is 0 Å². The average Bonchev–Trinajstić information content (AvgIpc) is 3.25. The number of halogens is 1. The first-order chi connectivity index (χ1) is 15.1. The molecule has 0 saturated carbocycles. The van der Waals surface area contributed by atoms with Gasteiger partial charge in [0, 0.05) is 12.2 Å². The van der Waals surface area contributed by atoms with Crippen LogP contribution in [0.4, 0.5) is 11.4 Å². The van der Waals surface area contributed by atoms with Gasteiger partial charge in [-0.3, -0.25) is 4.79 Å². The van der Waals surface area contributed by atoms with Gasteiger partial charge in [0.05, 0.1) is 29.7 Å². The predicted octanol–water partition coefficient (Wildman–Crippen LogP) is 5.40. The topological polar surface area (TPSA) is 68.2 Å². The van der Waals surface area contributed by atoms with Crippen molar-refractivity contribution in [2.45, 2.75) is 6.54 Å². The van der Waals surface area contributed by atoms with Crippen molar-refractivity contribution in [3.05, 3.63) is 101 Å². The second kappa shape index (κ2) is 9.36. The standard InChI is InChI=1S/C24H21ClN4O2/c1-31-22-16-29(19-10-6-3-7-11-19)28-23(22)24(30)27-18-12-13-21(20(25)14-18)26-15-17-8-4-2-5-9-17/h2-14,16,26H,15H2,1H3,(H,27,30). The van der Waals surface area contributed by atoms with E-state index in [4.69, 9.17) is 16.3 Å². The van der Waals surface area contributed by atoms with Crippen LogP contribution in [0, 0.1) is 0 Å². The molecule has 0 saturated heterocycles. The molecule has 0 radical (unpaired) electrons. The summed E-state index contributed by atoms with van der Waals surface area (Å²) >= 11 is 6.41. The van der Waals surface area contributed by atoms with E-state index in [1.807, 2.05) is 66.7 Å². The minimum Gasteiger partial charge on any atom is -0.493 e. The van der Waals surface area contributed by atoms with Gasteiger partial charge in [-0.05, 0) is 35.9 Å². The third-order valence-corrected chi connectivity index (χ3v) is 5.00. The molecule has 156 valence electrons. The fourth-order valence-corrected chi connectivity index (χ4v) is 3.34. The number of ether oxygens (including phenoxy) is 1. The van der Waals surface area contributed by atoms with E-state index in [9.17, 15) is 4.79 Å². The molecule has 0 unspecified atom stereocenters. The monoisotopic (exact) mass is 432 g/mol. The summed E-state index contributed by atoms with van der Waals surface area (Å²) < 4.78 is 6.95. The van der Waals surface area contributed by atoms with Gasteiger partial charge in [0.25, 0.3) is 5.91 Å². The van der Waals surface area contributed by atoms with Crippen LogP contribution < -0.4 is 15.4 Å². The Kier molecular flexibility index (Phi) is 6.19. The summed E-state index contributed by atoms with van der Waals surface area (Å²) in [6.45, 7) is 0.653. The second-order valence-corrected chi connectivity index (χ2v) is 7.22. The van der Waals surface area contributed by atoms with Crippen LogP contribution in [0.2, 0.25) is 5.02 Å². The fraction of sp³-hybridized carbons (Fsp3) is 0.0833. The number of aromatic nitrogens is 2. The van der Waals surface area contributed by atoms with Crippen molar-refractivity contribution >= 4 is 28.9 Å². The number of nitrogens with zero attached hydrogens (tertiary/aromatic N) is 2. The molecule has 1 heterocycles. The molecule has 0 bridgehead atoms. The van der Waals surface area contributed by atoms with Gasteiger partial charge in [-0.2, -0.15) is 5.10 Å². The number of rotatable bonds is 7. The largest absolute Gasteiger partial charge is 0.493 e. The lowest BCUT2D eigenvalue weighted by Crippen LogP contribution is -2.14. The van der Waals surface area contributed by atoms with Crippen LogP contribution in [0.3, 0.4) is 0 Å². The summed E-state index contributed by atoms with van der Waals surface area (Å²) in [7, 11) is 1.51. The van der Waals surface area contributed by atoms with Crippen molar-refractivity contribution in [1.82, 2.24) is 9.78 Å². The molecule has 0 spiro atoms. The summed E-state index contributed by atoms with van der Waals surface area (Å²) in [5, 5.41) is 11.0. The first-order valence-electron chi connectivity index (χ1n) is 9.72. The molecule has 1 amide bonds. The van der Waals surface area contributed by atoms with E-state index in [1.165, 1.54) is 7.11 Å². The first-order valence-corrected chi connectivity index (χ1v) is 10.1. The normalized spacial score (nSPS) is 10.5. The van der Waals surface area contributed by atoms with Gasteiger partial charge in [0.15, 0.2) is 11.4 Å². The van der Waals surface area contributed by atoms with Crippen LogP contribution in [0.25, 0.3) is 5.69 Å². The number of anilines is 2. The van der Waals surface area contributed by atoms with E-state index < -0.39 is 0 Å². The highest BCUT2D eigenvalue weighted by Crippen LogP contribution is 2.27. The molecule has 4 aromatic rings. The van der Waals surface area contributed by atoms with Crippen LogP contribution >= 0.6 is 11.6 Å². The Morgan fingerprint density at radius 2 is 1.74 bits per heavy atom. The quantitative estimate of drug-likeness (QED) is 0.410. The number of hydrogen-bond acceptors (Lipinski definition) is 4. The Morgan fingerprint density at radius 3 is 2.42 bits per heavy atom. The van der Waals surface area contributed by atoms with Gasteiger partial charge in [0.2, 0.25) is 0 Å². The number of methoxy groups -OCH3 is 1. The highest BCUT2D eigenvalue weighted by Gasteiger charge is 2.19. The van der Waals surface area contributed by atoms with Gasteiger partial charge in [-0.1, -0.05) is 60.1 Å². The summed E-state index contributed by atoms with van der Waals surface area (Å²) in [6, 6.07) is 24.9. The Balaban J connectivity index is 1.47. The number of para-hydroxylation sites is 1. The third-order valence-electron chi connectivity index (χ3n) is 4.69. The maximum Gasteiger partial charge on any atom is 0.280 e. The van der Waals surface area contributed by atoms with E-state index in [0.717, 1.165) is 16.9 Å². The average molecular weight is 433 g/mol. The van der Waals surface area contributed by atoms with Crippen LogP contribution in [-0.4, -0.2) is 22.8 Å². The number of benzene rings is 3. The summed E-state index contributed by atoms with van der Waals surface area (Å²) in [6.07, 6.45) is 1.67. The first kappa shape index (κ1) is 20.5. The zero-order valence-electron chi connectivity index (χ0n) is 16.9. The zero-order valence-corrected chi connectivity index (χ0v) is 17.6. The molecule has 0 aliphatic heterocycles.